The smallest absolute Gasteiger partial charge is 0.404 e. The fourth-order valence-corrected chi connectivity index (χ4v) is 0.886. The maximum Gasteiger partial charge on any atom is 0.573 e. The average molecular weight is 218 g/mol. The highest BCUT2D eigenvalue weighted by Gasteiger charge is 2.32. The molecule has 0 aliphatic carbocycles. The van der Waals surface area contributed by atoms with E-state index in [2.05, 4.69) is 9.72 Å². The van der Waals surface area contributed by atoms with Crippen molar-refractivity contribution >= 4 is 0 Å². The fraction of sp³-hybridized carbons (Fsp3) is 0.250. The molecule has 0 saturated heterocycles. The van der Waals surface area contributed by atoms with Gasteiger partial charge in [-0.05, 0) is 6.07 Å². The summed E-state index contributed by atoms with van der Waals surface area (Å²) in [5, 5.41) is 17.2. The largest absolute Gasteiger partial charge is 0.573 e. The molecule has 1 aromatic heterocycles. The molecule has 1 rings (SSSR count). The maximum absolute atomic E-state index is 11.8. The van der Waals surface area contributed by atoms with Gasteiger partial charge in [-0.2, -0.15) is 5.26 Å². The van der Waals surface area contributed by atoms with Crippen LogP contribution in [0.15, 0.2) is 12.3 Å². The van der Waals surface area contributed by atoms with Crippen molar-refractivity contribution in [3.8, 4) is 11.8 Å². The first kappa shape index (κ1) is 11.3. The molecular weight excluding hydrogens is 213 g/mol. The third-order valence-corrected chi connectivity index (χ3v) is 1.46. The second-order valence-electron chi connectivity index (χ2n) is 2.49. The standard InChI is InChI=1S/C8H5F3N2O2/c9-8(10,11)15-7-3-13-6(2-12)1-5(7)4-14/h1,3,14H,4H2. The van der Waals surface area contributed by atoms with E-state index in [0.29, 0.717) is 0 Å². The van der Waals surface area contributed by atoms with E-state index >= 15 is 0 Å². The summed E-state index contributed by atoms with van der Waals surface area (Å²) in [7, 11) is 0. The van der Waals surface area contributed by atoms with Crippen molar-refractivity contribution in [3.63, 3.8) is 0 Å². The Kier molecular flexibility index (Phi) is 3.11. The van der Waals surface area contributed by atoms with Gasteiger partial charge < -0.3 is 9.84 Å². The molecule has 0 atom stereocenters. The van der Waals surface area contributed by atoms with E-state index in [1.54, 1.807) is 6.07 Å². The second kappa shape index (κ2) is 4.14. The third-order valence-electron chi connectivity index (χ3n) is 1.46. The summed E-state index contributed by atoms with van der Waals surface area (Å²) in [6.45, 7) is -0.664. The first-order valence-electron chi connectivity index (χ1n) is 3.72. The number of alkyl halides is 3. The van der Waals surface area contributed by atoms with Crippen LogP contribution in [-0.2, 0) is 6.61 Å². The van der Waals surface area contributed by atoms with Gasteiger partial charge in [-0.1, -0.05) is 0 Å². The lowest BCUT2D eigenvalue weighted by molar-refractivity contribution is -0.275. The molecule has 0 saturated carbocycles. The molecule has 0 bridgehead atoms. The minimum Gasteiger partial charge on any atom is -0.404 e. The number of ether oxygens (including phenoxy) is 1. The fourth-order valence-electron chi connectivity index (χ4n) is 0.886. The Hall–Kier alpha value is -1.81. The van der Waals surface area contributed by atoms with Crippen molar-refractivity contribution in [2.75, 3.05) is 0 Å². The lowest BCUT2D eigenvalue weighted by Crippen LogP contribution is -2.18. The van der Waals surface area contributed by atoms with Gasteiger partial charge in [0.1, 0.15) is 11.8 Å². The Bertz CT molecular complexity index is 398. The zero-order valence-electron chi connectivity index (χ0n) is 7.25. The van der Waals surface area contributed by atoms with Gasteiger partial charge in [0.2, 0.25) is 0 Å². The zero-order valence-corrected chi connectivity index (χ0v) is 7.25. The van der Waals surface area contributed by atoms with Crippen LogP contribution in [0.2, 0.25) is 0 Å². The van der Waals surface area contributed by atoms with Crippen LogP contribution in [-0.4, -0.2) is 16.5 Å². The van der Waals surface area contributed by atoms with Crippen molar-refractivity contribution in [2.45, 2.75) is 13.0 Å². The first-order valence-corrected chi connectivity index (χ1v) is 3.72. The van der Waals surface area contributed by atoms with Crippen molar-refractivity contribution in [3.05, 3.63) is 23.5 Å². The summed E-state index contributed by atoms with van der Waals surface area (Å²) in [6.07, 6.45) is -4.10. The molecule has 1 heterocycles. The van der Waals surface area contributed by atoms with Crippen LogP contribution in [0.5, 0.6) is 5.75 Å². The number of rotatable bonds is 2. The van der Waals surface area contributed by atoms with Gasteiger partial charge >= 0.3 is 6.36 Å². The van der Waals surface area contributed by atoms with E-state index in [9.17, 15) is 13.2 Å². The van der Waals surface area contributed by atoms with Crippen LogP contribution in [0.3, 0.4) is 0 Å². The molecule has 1 N–H and O–H groups in total. The van der Waals surface area contributed by atoms with Crippen LogP contribution >= 0.6 is 0 Å². The van der Waals surface area contributed by atoms with Crippen LogP contribution in [0, 0.1) is 11.3 Å². The Labute approximate surface area is 82.5 Å². The first-order chi connectivity index (χ1) is 6.96. The van der Waals surface area contributed by atoms with Crippen LogP contribution in [0.25, 0.3) is 0 Å². The molecule has 0 fully saturated rings. The van der Waals surface area contributed by atoms with Crippen molar-refractivity contribution in [2.24, 2.45) is 0 Å². The number of hydrogen-bond donors (Lipinski definition) is 1. The van der Waals surface area contributed by atoms with Crippen molar-refractivity contribution in [1.29, 1.82) is 5.26 Å². The minimum atomic E-state index is -4.85. The number of halogens is 3. The summed E-state index contributed by atoms with van der Waals surface area (Å²) in [4.78, 5) is 3.39. The molecule has 15 heavy (non-hydrogen) atoms. The third kappa shape index (κ3) is 3.11. The normalized spacial score (nSPS) is 10.9. The van der Waals surface area contributed by atoms with Gasteiger partial charge in [-0.3, -0.25) is 0 Å². The monoisotopic (exact) mass is 218 g/mol. The molecule has 0 aliphatic heterocycles. The van der Waals surface area contributed by atoms with Crippen LogP contribution in [0.1, 0.15) is 11.3 Å². The second-order valence-corrected chi connectivity index (χ2v) is 2.49. The molecular formula is C8H5F3N2O2. The number of nitrogens with zero attached hydrogens (tertiary/aromatic N) is 2. The predicted molar refractivity (Wildman–Crippen MR) is 41.6 cm³/mol. The van der Waals surface area contributed by atoms with Crippen LogP contribution < -0.4 is 4.74 Å². The molecule has 0 radical (unpaired) electrons. The van der Waals surface area contributed by atoms with E-state index in [0.717, 1.165) is 12.3 Å². The van der Waals surface area contributed by atoms with Gasteiger partial charge in [0, 0.05) is 5.56 Å². The highest BCUT2D eigenvalue weighted by molar-refractivity contribution is 5.36. The molecule has 0 spiro atoms. The van der Waals surface area contributed by atoms with E-state index in [1.807, 2.05) is 0 Å². The number of pyridine rings is 1. The highest BCUT2D eigenvalue weighted by atomic mass is 19.4. The van der Waals surface area contributed by atoms with Crippen LogP contribution in [0.4, 0.5) is 13.2 Å². The van der Waals surface area contributed by atoms with Gasteiger partial charge in [-0.25, -0.2) is 4.98 Å². The van der Waals surface area contributed by atoms with E-state index in [4.69, 9.17) is 10.4 Å². The molecule has 0 unspecified atom stereocenters. The molecule has 0 aliphatic rings. The lowest BCUT2D eigenvalue weighted by atomic mass is 10.2. The Morgan fingerprint density at radius 3 is 2.67 bits per heavy atom. The number of aliphatic hydroxyl groups is 1. The molecule has 4 nitrogen and oxygen atoms in total. The van der Waals surface area contributed by atoms with E-state index in [1.165, 1.54) is 0 Å². The molecule has 7 heteroatoms. The predicted octanol–water partition coefficient (Wildman–Crippen LogP) is 1.34. The highest BCUT2D eigenvalue weighted by Crippen LogP contribution is 2.25. The topological polar surface area (TPSA) is 66.1 Å². The van der Waals surface area contributed by atoms with Crippen molar-refractivity contribution in [1.82, 2.24) is 4.98 Å². The van der Waals surface area contributed by atoms with E-state index in [-0.39, 0.29) is 11.3 Å². The minimum absolute atomic E-state index is 0.0893. The quantitative estimate of drug-likeness (QED) is 0.813. The summed E-state index contributed by atoms with van der Waals surface area (Å²) in [5.74, 6) is -0.607. The van der Waals surface area contributed by atoms with Gasteiger partial charge in [0.25, 0.3) is 0 Å². The Balaban J connectivity index is 3.04. The summed E-state index contributed by atoms with van der Waals surface area (Å²) >= 11 is 0. The molecule has 0 amide bonds. The maximum atomic E-state index is 11.8. The Morgan fingerprint density at radius 2 is 2.20 bits per heavy atom. The van der Waals surface area contributed by atoms with Gasteiger partial charge in [-0.15, -0.1) is 13.2 Å². The number of hydrogen-bond acceptors (Lipinski definition) is 4. The Morgan fingerprint density at radius 1 is 1.53 bits per heavy atom. The SMILES string of the molecule is N#Cc1cc(CO)c(OC(F)(F)F)cn1. The number of nitriles is 1. The summed E-state index contributed by atoms with van der Waals surface area (Å²) < 4.78 is 39.1. The van der Waals surface area contributed by atoms with Gasteiger partial charge in [0.05, 0.1) is 12.8 Å². The molecule has 1 aromatic rings. The lowest BCUT2D eigenvalue weighted by Gasteiger charge is -2.11. The zero-order chi connectivity index (χ0) is 11.5. The van der Waals surface area contributed by atoms with Crippen molar-refractivity contribution < 1.29 is 23.0 Å². The molecule has 80 valence electrons. The summed E-state index contributed by atoms with van der Waals surface area (Å²) in [6, 6.07) is 2.66. The van der Waals surface area contributed by atoms with E-state index < -0.39 is 18.7 Å². The average Bonchev–Trinajstić information content (AvgIpc) is 2.16. The van der Waals surface area contributed by atoms with Gasteiger partial charge in [0.15, 0.2) is 5.75 Å². The molecule has 0 aromatic carbocycles. The summed E-state index contributed by atoms with van der Waals surface area (Å²) in [5.41, 5.74) is -0.229. The number of aliphatic hydroxyl groups excluding tert-OH is 1. The number of aromatic nitrogens is 1.